The van der Waals surface area contributed by atoms with E-state index < -0.39 is 6.04 Å². The number of halogens is 1. The molecule has 1 unspecified atom stereocenters. The van der Waals surface area contributed by atoms with Gasteiger partial charge in [-0.15, -0.1) is 12.4 Å². The first-order valence-electron chi connectivity index (χ1n) is 7.07. The van der Waals surface area contributed by atoms with Gasteiger partial charge in [0.25, 0.3) is 0 Å². The molecule has 5 nitrogen and oxygen atoms in total. The van der Waals surface area contributed by atoms with Crippen LogP contribution in [-0.4, -0.2) is 29.9 Å². The number of rotatable bonds is 8. The van der Waals surface area contributed by atoms with E-state index in [9.17, 15) is 9.59 Å². The van der Waals surface area contributed by atoms with E-state index >= 15 is 0 Å². The first-order valence-corrected chi connectivity index (χ1v) is 7.07. The van der Waals surface area contributed by atoms with Crippen LogP contribution in [0.25, 0.3) is 0 Å². The minimum absolute atomic E-state index is 0. The summed E-state index contributed by atoms with van der Waals surface area (Å²) in [5, 5.41) is 5.56. The Morgan fingerprint density at radius 2 is 1.65 bits per heavy atom. The Morgan fingerprint density at radius 3 is 2.15 bits per heavy atom. The summed E-state index contributed by atoms with van der Waals surface area (Å²) in [6.45, 7) is 8.15. The quantitative estimate of drug-likeness (QED) is 0.597. The molecule has 0 bridgehead atoms. The number of nitrogens with one attached hydrogen (secondary N) is 2. The molecule has 0 aliphatic carbocycles. The Bertz CT molecular complexity index is 291. The van der Waals surface area contributed by atoms with Crippen molar-refractivity contribution in [1.29, 1.82) is 0 Å². The average molecular weight is 308 g/mol. The monoisotopic (exact) mass is 307 g/mol. The van der Waals surface area contributed by atoms with Crippen molar-refractivity contribution >= 4 is 24.2 Å². The molecule has 0 saturated heterocycles. The van der Waals surface area contributed by atoms with E-state index in [1.54, 1.807) is 6.92 Å². The number of unbranched alkanes of at least 4 members (excludes halogenated alkanes) is 3. The largest absolute Gasteiger partial charge is 0.350 e. The molecule has 0 rings (SSSR count). The first-order chi connectivity index (χ1) is 8.76. The molecule has 120 valence electrons. The van der Waals surface area contributed by atoms with E-state index in [2.05, 4.69) is 10.6 Å². The maximum Gasteiger partial charge on any atom is 0.242 e. The standard InChI is InChI=1S/C14H29N3O2.ClH/c1-11(13(19)17-14(2,3)4)16-12(18)9-7-5-6-8-10-15;/h11H,5-10,15H2,1-4H3,(H,16,18)(H,17,19);1H. The first kappa shape index (κ1) is 21.5. The minimum Gasteiger partial charge on any atom is -0.350 e. The third kappa shape index (κ3) is 12.2. The molecule has 0 saturated carbocycles. The highest BCUT2D eigenvalue weighted by molar-refractivity contribution is 5.87. The number of carbonyl (C=O) groups excluding carboxylic acids is 2. The Kier molecular flexibility index (Phi) is 11.7. The van der Waals surface area contributed by atoms with Crippen molar-refractivity contribution in [2.24, 2.45) is 5.73 Å². The maximum absolute atomic E-state index is 11.8. The summed E-state index contributed by atoms with van der Waals surface area (Å²) in [4.78, 5) is 23.4. The van der Waals surface area contributed by atoms with Gasteiger partial charge < -0.3 is 16.4 Å². The van der Waals surface area contributed by atoms with Gasteiger partial charge in [0.15, 0.2) is 0 Å². The molecule has 20 heavy (non-hydrogen) atoms. The van der Waals surface area contributed by atoms with Crippen LogP contribution in [0.1, 0.15) is 59.8 Å². The normalized spacial score (nSPS) is 12.2. The van der Waals surface area contributed by atoms with E-state index in [1.165, 1.54) is 0 Å². The molecular weight excluding hydrogens is 278 g/mol. The highest BCUT2D eigenvalue weighted by atomic mass is 35.5. The van der Waals surface area contributed by atoms with Gasteiger partial charge in [-0.25, -0.2) is 0 Å². The fourth-order valence-corrected chi connectivity index (χ4v) is 1.64. The lowest BCUT2D eigenvalue weighted by atomic mass is 10.1. The van der Waals surface area contributed by atoms with Crippen LogP contribution >= 0.6 is 12.4 Å². The van der Waals surface area contributed by atoms with Crippen LogP contribution in [0.5, 0.6) is 0 Å². The highest BCUT2D eigenvalue weighted by Crippen LogP contribution is 2.03. The summed E-state index contributed by atoms with van der Waals surface area (Å²) in [6, 6.07) is -0.490. The van der Waals surface area contributed by atoms with Crippen LogP contribution in [0.3, 0.4) is 0 Å². The van der Waals surface area contributed by atoms with Gasteiger partial charge in [-0.05, 0) is 47.1 Å². The second-order valence-electron chi connectivity index (χ2n) is 5.98. The van der Waals surface area contributed by atoms with Crippen molar-refractivity contribution in [1.82, 2.24) is 10.6 Å². The van der Waals surface area contributed by atoms with E-state index in [0.29, 0.717) is 13.0 Å². The van der Waals surface area contributed by atoms with Gasteiger partial charge in [-0.1, -0.05) is 12.8 Å². The molecule has 0 aromatic heterocycles. The van der Waals surface area contributed by atoms with Crippen molar-refractivity contribution in [3.63, 3.8) is 0 Å². The highest BCUT2D eigenvalue weighted by Gasteiger charge is 2.20. The van der Waals surface area contributed by atoms with Crippen LogP contribution in [0.15, 0.2) is 0 Å². The summed E-state index contributed by atoms with van der Waals surface area (Å²) < 4.78 is 0. The Labute approximate surface area is 128 Å². The third-order valence-corrected chi connectivity index (χ3v) is 2.63. The summed E-state index contributed by atoms with van der Waals surface area (Å²) in [7, 11) is 0. The zero-order chi connectivity index (χ0) is 14.9. The van der Waals surface area contributed by atoms with Crippen molar-refractivity contribution in [2.75, 3.05) is 6.54 Å². The lowest BCUT2D eigenvalue weighted by Crippen LogP contribution is -2.50. The van der Waals surface area contributed by atoms with Crippen molar-refractivity contribution in [3.05, 3.63) is 0 Å². The van der Waals surface area contributed by atoms with Crippen LogP contribution in [0.2, 0.25) is 0 Å². The second kappa shape index (κ2) is 10.9. The predicted octanol–water partition coefficient (Wildman–Crippen LogP) is 1.74. The lowest BCUT2D eigenvalue weighted by molar-refractivity contribution is -0.129. The molecule has 0 aliphatic rings. The van der Waals surface area contributed by atoms with E-state index in [0.717, 1.165) is 25.7 Å². The summed E-state index contributed by atoms with van der Waals surface area (Å²) >= 11 is 0. The molecule has 0 spiro atoms. The number of carbonyl (C=O) groups is 2. The average Bonchev–Trinajstić information content (AvgIpc) is 2.26. The van der Waals surface area contributed by atoms with Gasteiger partial charge in [0.1, 0.15) is 6.04 Å². The molecule has 0 aromatic rings. The number of amides is 2. The predicted molar refractivity (Wildman–Crippen MR) is 84.9 cm³/mol. The zero-order valence-electron chi connectivity index (χ0n) is 13.1. The molecule has 0 heterocycles. The Balaban J connectivity index is 0. The molecule has 1 atom stereocenters. The molecular formula is C14H30ClN3O2. The van der Waals surface area contributed by atoms with Crippen LogP contribution < -0.4 is 16.4 Å². The van der Waals surface area contributed by atoms with Crippen molar-refractivity contribution in [3.8, 4) is 0 Å². The smallest absolute Gasteiger partial charge is 0.242 e. The van der Waals surface area contributed by atoms with Gasteiger partial charge >= 0.3 is 0 Å². The molecule has 6 heteroatoms. The summed E-state index contributed by atoms with van der Waals surface area (Å²) in [5.41, 5.74) is 5.12. The van der Waals surface area contributed by atoms with Gasteiger partial charge in [0.05, 0.1) is 0 Å². The second-order valence-corrected chi connectivity index (χ2v) is 5.98. The third-order valence-electron chi connectivity index (χ3n) is 2.63. The molecule has 0 radical (unpaired) electrons. The summed E-state index contributed by atoms with van der Waals surface area (Å²) in [5.74, 6) is -0.215. The van der Waals surface area contributed by atoms with Gasteiger partial charge in [0, 0.05) is 12.0 Å². The maximum atomic E-state index is 11.8. The number of hydrogen-bond donors (Lipinski definition) is 3. The lowest BCUT2D eigenvalue weighted by Gasteiger charge is -2.23. The topological polar surface area (TPSA) is 84.2 Å². The Morgan fingerprint density at radius 1 is 1.10 bits per heavy atom. The van der Waals surface area contributed by atoms with Crippen molar-refractivity contribution in [2.45, 2.75) is 71.4 Å². The van der Waals surface area contributed by atoms with Gasteiger partial charge in [-0.2, -0.15) is 0 Å². The van der Waals surface area contributed by atoms with Crippen LogP contribution in [-0.2, 0) is 9.59 Å². The van der Waals surface area contributed by atoms with Crippen LogP contribution in [0, 0.1) is 0 Å². The molecule has 2 amide bonds. The molecule has 4 N–H and O–H groups in total. The van der Waals surface area contributed by atoms with Gasteiger partial charge in [0.2, 0.25) is 11.8 Å². The number of nitrogens with two attached hydrogens (primary N) is 1. The fourth-order valence-electron chi connectivity index (χ4n) is 1.64. The van der Waals surface area contributed by atoms with Crippen molar-refractivity contribution < 1.29 is 9.59 Å². The van der Waals surface area contributed by atoms with Crippen LogP contribution in [0.4, 0.5) is 0 Å². The molecule has 0 aromatic carbocycles. The van der Waals surface area contributed by atoms with E-state index in [1.807, 2.05) is 20.8 Å². The SMILES string of the molecule is CC(NC(=O)CCCCCCN)C(=O)NC(C)(C)C.Cl. The molecule has 0 fully saturated rings. The fraction of sp³-hybridized carbons (Fsp3) is 0.857. The zero-order valence-corrected chi connectivity index (χ0v) is 13.9. The van der Waals surface area contributed by atoms with E-state index in [-0.39, 0.29) is 29.8 Å². The van der Waals surface area contributed by atoms with Gasteiger partial charge in [-0.3, -0.25) is 9.59 Å². The van der Waals surface area contributed by atoms with E-state index in [4.69, 9.17) is 5.73 Å². The molecule has 0 aliphatic heterocycles. The minimum atomic E-state index is -0.490. The Hall–Kier alpha value is -0.810. The summed E-state index contributed by atoms with van der Waals surface area (Å²) in [6.07, 6.45) is 4.39. The number of hydrogen-bond acceptors (Lipinski definition) is 3.